The van der Waals surface area contributed by atoms with Crippen molar-refractivity contribution in [2.45, 2.75) is 42.6 Å². The highest BCUT2D eigenvalue weighted by Crippen LogP contribution is 2.34. The normalized spacial score (nSPS) is 12.7. The molecule has 0 aliphatic heterocycles. The number of rotatable bonds is 4. The Labute approximate surface area is 123 Å². The molecule has 20 heavy (non-hydrogen) atoms. The van der Waals surface area contributed by atoms with Crippen molar-refractivity contribution in [3.63, 3.8) is 0 Å². The lowest BCUT2D eigenvalue weighted by molar-refractivity contribution is 0.196. The van der Waals surface area contributed by atoms with E-state index in [1.807, 2.05) is 0 Å². The van der Waals surface area contributed by atoms with Gasteiger partial charge in [-0.1, -0.05) is 37.7 Å². The minimum atomic E-state index is -0.678. The van der Waals surface area contributed by atoms with Gasteiger partial charge >= 0.3 is 0 Å². The van der Waals surface area contributed by atoms with Gasteiger partial charge < -0.3 is 5.11 Å². The highest BCUT2D eigenvalue weighted by molar-refractivity contribution is 7.99. The number of benzene rings is 2. The van der Waals surface area contributed by atoms with Crippen molar-refractivity contribution in [3.8, 4) is 0 Å². The largest absolute Gasteiger partial charge is 0.389 e. The van der Waals surface area contributed by atoms with Crippen LogP contribution in [0.5, 0.6) is 0 Å². The third kappa shape index (κ3) is 3.62. The lowest BCUT2D eigenvalue weighted by atomic mass is 10.0. The van der Waals surface area contributed by atoms with Crippen molar-refractivity contribution in [2.75, 3.05) is 0 Å². The van der Waals surface area contributed by atoms with Crippen molar-refractivity contribution in [1.29, 1.82) is 0 Å². The Morgan fingerprint density at radius 3 is 2.20 bits per heavy atom. The second kappa shape index (κ2) is 6.42. The van der Waals surface area contributed by atoms with Gasteiger partial charge in [-0.15, -0.1) is 0 Å². The molecular weight excluding hydrogens is 271 g/mol. The first-order valence-corrected chi connectivity index (χ1v) is 7.54. The summed E-state index contributed by atoms with van der Waals surface area (Å²) in [5, 5.41) is 9.74. The number of halogens is 1. The van der Waals surface area contributed by atoms with Crippen molar-refractivity contribution >= 4 is 11.8 Å². The average molecular weight is 290 g/mol. The molecule has 1 N–H and O–H groups in total. The van der Waals surface area contributed by atoms with Gasteiger partial charge in [0.15, 0.2) is 0 Å². The van der Waals surface area contributed by atoms with Crippen molar-refractivity contribution < 1.29 is 9.50 Å². The lowest BCUT2D eigenvalue weighted by Crippen LogP contribution is -1.95. The standard InChI is InChI=1S/C17H19FOS/c1-11(2)13-4-7-15(8-5-13)20-17-9-6-14(18)10-16(17)12(3)19/h4-12,19H,1-3H3. The molecular formula is C17H19FOS. The van der Waals surface area contributed by atoms with Crippen molar-refractivity contribution in [2.24, 2.45) is 0 Å². The second-order valence-electron chi connectivity index (χ2n) is 5.18. The van der Waals surface area contributed by atoms with Gasteiger partial charge in [0, 0.05) is 9.79 Å². The fraction of sp³-hybridized carbons (Fsp3) is 0.294. The summed E-state index contributed by atoms with van der Waals surface area (Å²) in [6, 6.07) is 12.9. The van der Waals surface area contributed by atoms with Gasteiger partial charge in [0.1, 0.15) is 5.82 Å². The van der Waals surface area contributed by atoms with Crippen LogP contribution in [0.2, 0.25) is 0 Å². The molecule has 0 saturated carbocycles. The second-order valence-corrected chi connectivity index (χ2v) is 6.30. The fourth-order valence-corrected chi connectivity index (χ4v) is 3.00. The first kappa shape index (κ1) is 15.1. The molecule has 2 rings (SSSR count). The van der Waals surface area contributed by atoms with Gasteiger partial charge in [-0.05, 0) is 54.3 Å². The third-order valence-corrected chi connectivity index (χ3v) is 4.30. The van der Waals surface area contributed by atoms with E-state index in [0.717, 1.165) is 9.79 Å². The number of aliphatic hydroxyl groups is 1. The number of hydrogen-bond acceptors (Lipinski definition) is 2. The van der Waals surface area contributed by atoms with Gasteiger partial charge in [-0.25, -0.2) is 4.39 Å². The maximum absolute atomic E-state index is 13.3. The highest BCUT2D eigenvalue weighted by Gasteiger charge is 2.11. The van der Waals surface area contributed by atoms with E-state index in [9.17, 15) is 9.50 Å². The molecule has 0 saturated heterocycles. The first-order valence-electron chi connectivity index (χ1n) is 6.72. The fourth-order valence-electron chi connectivity index (χ4n) is 1.99. The highest BCUT2D eigenvalue weighted by atomic mass is 32.2. The van der Waals surface area contributed by atoms with E-state index in [4.69, 9.17) is 0 Å². The average Bonchev–Trinajstić information content (AvgIpc) is 2.41. The number of aliphatic hydroxyl groups excluding tert-OH is 1. The van der Waals surface area contributed by atoms with E-state index in [1.165, 1.54) is 17.7 Å². The van der Waals surface area contributed by atoms with Crippen LogP contribution < -0.4 is 0 Å². The zero-order chi connectivity index (χ0) is 14.7. The molecule has 0 aliphatic carbocycles. The van der Waals surface area contributed by atoms with Crippen molar-refractivity contribution in [1.82, 2.24) is 0 Å². The van der Waals surface area contributed by atoms with Gasteiger partial charge in [0.2, 0.25) is 0 Å². The Hall–Kier alpha value is -1.32. The molecule has 0 fully saturated rings. The minimum absolute atomic E-state index is 0.319. The molecule has 0 radical (unpaired) electrons. The van der Waals surface area contributed by atoms with E-state index in [0.29, 0.717) is 11.5 Å². The maximum atomic E-state index is 13.3. The molecule has 0 bridgehead atoms. The van der Waals surface area contributed by atoms with Crippen LogP contribution in [0.15, 0.2) is 52.3 Å². The maximum Gasteiger partial charge on any atom is 0.123 e. The topological polar surface area (TPSA) is 20.2 Å². The molecule has 1 unspecified atom stereocenters. The molecule has 0 spiro atoms. The molecule has 1 nitrogen and oxygen atoms in total. The summed E-state index contributed by atoms with van der Waals surface area (Å²) in [6.07, 6.45) is -0.678. The molecule has 0 aliphatic rings. The SMILES string of the molecule is CC(C)c1ccc(Sc2ccc(F)cc2C(C)O)cc1. The zero-order valence-electron chi connectivity index (χ0n) is 11.9. The summed E-state index contributed by atoms with van der Waals surface area (Å²) >= 11 is 1.55. The zero-order valence-corrected chi connectivity index (χ0v) is 12.7. The molecule has 0 aromatic heterocycles. The first-order chi connectivity index (χ1) is 9.47. The van der Waals surface area contributed by atoms with Crippen LogP contribution in [0.1, 0.15) is 43.9 Å². The summed E-state index contributed by atoms with van der Waals surface area (Å²) in [5.41, 5.74) is 1.92. The van der Waals surface area contributed by atoms with Crippen molar-refractivity contribution in [3.05, 3.63) is 59.4 Å². The summed E-state index contributed by atoms with van der Waals surface area (Å²) in [5.74, 6) is 0.188. The van der Waals surface area contributed by atoms with Crippen LogP contribution in [-0.2, 0) is 0 Å². The summed E-state index contributed by atoms with van der Waals surface area (Å²) in [4.78, 5) is 1.97. The van der Waals surface area contributed by atoms with E-state index in [-0.39, 0.29) is 5.82 Å². The van der Waals surface area contributed by atoms with Gasteiger partial charge in [0.25, 0.3) is 0 Å². The monoisotopic (exact) mass is 290 g/mol. The van der Waals surface area contributed by atoms with E-state index in [1.54, 1.807) is 24.8 Å². The minimum Gasteiger partial charge on any atom is -0.389 e. The van der Waals surface area contributed by atoms with E-state index in [2.05, 4.69) is 38.1 Å². The molecule has 106 valence electrons. The molecule has 2 aromatic rings. The van der Waals surface area contributed by atoms with Gasteiger partial charge in [-0.2, -0.15) is 0 Å². The quantitative estimate of drug-likeness (QED) is 0.840. The Morgan fingerprint density at radius 2 is 1.65 bits per heavy atom. The summed E-state index contributed by atoms with van der Waals surface area (Å²) in [7, 11) is 0. The van der Waals surface area contributed by atoms with Crippen LogP contribution in [-0.4, -0.2) is 5.11 Å². The van der Waals surface area contributed by atoms with Gasteiger partial charge in [0.05, 0.1) is 6.10 Å². The van der Waals surface area contributed by atoms with Crippen LogP contribution in [0.4, 0.5) is 4.39 Å². The summed E-state index contributed by atoms with van der Waals surface area (Å²) < 4.78 is 13.3. The molecule has 2 aromatic carbocycles. The predicted molar refractivity (Wildman–Crippen MR) is 81.7 cm³/mol. The van der Waals surface area contributed by atoms with Gasteiger partial charge in [-0.3, -0.25) is 0 Å². The molecule has 1 atom stereocenters. The Balaban J connectivity index is 2.25. The van der Waals surface area contributed by atoms with Crippen LogP contribution in [0, 0.1) is 5.82 Å². The third-order valence-electron chi connectivity index (χ3n) is 3.20. The van der Waals surface area contributed by atoms with Crippen LogP contribution in [0.3, 0.4) is 0 Å². The molecule has 0 heterocycles. The molecule has 0 amide bonds. The van der Waals surface area contributed by atoms with E-state index < -0.39 is 6.10 Å². The lowest BCUT2D eigenvalue weighted by Gasteiger charge is -2.12. The Morgan fingerprint density at radius 1 is 1.00 bits per heavy atom. The Bertz CT molecular complexity index is 576. The van der Waals surface area contributed by atoms with Crippen LogP contribution >= 0.6 is 11.8 Å². The predicted octanol–water partition coefficient (Wildman–Crippen LogP) is 5.15. The smallest absolute Gasteiger partial charge is 0.123 e. The number of hydrogen-bond donors (Lipinski definition) is 1. The van der Waals surface area contributed by atoms with Crippen LogP contribution in [0.25, 0.3) is 0 Å². The Kier molecular flexibility index (Phi) is 4.84. The van der Waals surface area contributed by atoms with E-state index >= 15 is 0 Å². The molecule has 3 heteroatoms. The summed E-state index contributed by atoms with van der Waals surface area (Å²) in [6.45, 7) is 5.97.